The van der Waals surface area contributed by atoms with Gasteiger partial charge < -0.3 is 25.5 Å². The lowest BCUT2D eigenvalue weighted by molar-refractivity contribution is -0.139. The molecule has 4 N–H and O–H groups in total. The Bertz CT molecular complexity index is 457. The molecule has 0 radical (unpaired) electrons. The van der Waals surface area contributed by atoms with E-state index < -0.39 is 18.0 Å². The Labute approximate surface area is 122 Å². The third-order valence-corrected chi connectivity index (χ3v) is 3.36. The van der Waals surface area contributed by atoms with Gasteiger partial charge in [0.2, 0.25) is 0 Å². The number of amides is 2. The number of nitrogens with one attached hydrogen (secondary N) is 3. The number of aromatic nitrogens is 2. The molecule has 0 saturated carbocycles. The number of aliphatic carboxylic acids is 1. The van der Waals surface area contributed by atoms with Crippen LogP contribution in [-0.4, -0.2) is 52.4 Å². The SMILES string of the molecule is O=C(NCCC1CCCO1)N[C@H](Cc1cnc[nH]1)C(=O)O. The molecule has 0 aromatic carbocycles. The summed E-state index contributed by atoms with van der Waals surface area (Å²) in [6.45, 7) is 1.25. The quantitative estimate of drug-likeness (QED) is 0.576. The van der Waals surface area contributed by atoms with Crippen molar-refractivity contribution in [3.63, 3.8) is 0 Å². The fourth-order valence-corrected chi connectivity index (χ4v) is 2.24. The Balaban J connectivity index is 1.71. The van der Waals surface area contributed by atoms with E-state index in [-0.39, 0.29) is 12.5 Å². The Morgan fingerprint density at radius 2 is 2.43 bits per heavy atom. The summed E-state index contributed by atoms with van der Waals surface area (Å²) in [6, 6.07) is -1.48. The van der Waals surface area contributed by atoms with Crippen molar-refractivity contribution in [1.29, 1.82) is 0 Å². The molecule has 0 spiro atoms. The summed E-state index contributed by atoms with van der Waals surface area (Å²) in [5.41, 5.74) is 0.655. The number of carboxylic acids is 1. The van der Waals surface area contributed by atoms with Crippen molar-refractivity contribution in [2.45, 2.75) is 37.8 Å². The molecular weight excluding hydrogens is 276 g/mol. The van der Waals surface area contributed by atoms with Crippen molar-refractivity contribution in [2.75, 3.05) is 13.2 Å². The lowest BCUT2D eigenvalue weighted by Gasteiger charge is -2.15. The topological polar surface area (TPSA) is 116 Å². The second-order valence-electron chi connectivity index (χ2n) is 5.00. The minimum atomic E-state index is -1.08. The molecule has 2 heterocycles. The molecular formula is C13H20N4O4. The number of carbonyl (C=O) groups is 2. The molecule has 1 fully saturated rings. The van der Waals surface area contributed by atoms with Gasteiger partial charge in [-0.15, -0.1) is 0 Å². The minimum absolute atomic E-state index is 0.161. The van der Waals surface area contributed by atoms with Crippen LogP contribution >= 0.6 is 0 Å². The van der Waals surface area contributed by atoms with E-state index in [0.29, 0.717) is 12.2 Å². The number of nitrogens with zero attached hydrogens (tertiary/aromatic N) is 1. The van der Waals surface area contributed by atoms with Gasteiger partial charge in [-0.2, -0.15) is 0 Å². The molecule has 2 rings (SSSR count). The van der Waals surface area contributed by atoms with E-state index >= 15 is 0 Å². The minimum Gasteiger partial charge on any atom is -0.480 e. The van der Waals surface area contributed by atoms with Crippen molar-refractivity contribution in [2.24, 2.45) is 0 Å². The number of carbonyl (C=O) groups excluding carboxylic acids is 1. The summed E-state index contributed by atoms with van der Waals surface area (Å²) >= 11 is 0. The Morgan fingerprint density at radius 3 is 3.05 bits per heavy atom. The van der Waals surface area contributed by atoms with Crippen LogP contribution in [0.3, 0.4) is 0 Å². The van der Waals surface area contributed by atoms with Gasteiger partial charge >= 0.3 is 12.0 Å². The molecule has 1 aliphatic heterocycles. The van der Waals surface area contributed by atoms with Crippen molar-refractivity contribution in [3.8, 4) is 0 Å². The zero-order valence-corrected chi connectivity index (χ0v) is 11.7. The van der Waals surface area contributed by atoms with Gasteiger partial charge in [0.15, 0.2) is 0 Å². The molecule has 0 bridgehead atoms. The highest BCUT2D eigenvalue weighted by molar-refractivity contribution is 5.82. The second-order valence-corrected chi connectivity index (χ2v) is 5.00. The van der Waals surface area contributed by atoms with E-state index in [0.717, 1.165) is 25.9 Å². The predicted octanol–water partition coefficient (Wildman–Crippen LogP) is 0.274. The molecule has 116 valence electrons. The van der Waals surface area contributed by atoms with E-state index in [2.05, 4.69) is 20.6 Å². The van der Waals surface area contributed by atoms with Crippen LogP contribution < -0.4 is 10.6 Å². The zero-order valence-electron chi connectivity index (χ0n) is 11.7. The van der Waals surface area contributed by atoms with E-state index in [4.69, 9.17) is 9.84 Å². The maximum Gasteiger partial charge on any atom is 0.326 e. The summed E-state index contributed by atoms with van der Waals surface area (Å²) in [7, 11) is 0. The van der Waals surface area contributed by atoms with Crippen LogP contribution in [0.4, 0.5) is 4.79 Å². The van der Waals surface area contributed by atoms with Crippen molar-refractivity contribution >= 4 is 12.0 Å². The Hall–Kier alpha value is -2.09. The molecule has 2 amide bonds. The van der Waals surface area contributed by atoms with Gasteiger partial charge in [-0.1, -0.05) is 0 Å². The number of urea groups is 1. The third kappa shape index (κ3) is 5.07. The zero-order chi connectivity index (χ0) is 15.1. The highest BCUT2D eigenvalue weighted by atomic mass is 16.5. The Kier molecular flexibility index (Phi) is 5.56. The second kappa shape index (κ2) is 7.63. The number of aromatic amines is 1. The van der Waals surface area contributed by atoms with E-state index in [1.165, 1.54) is 12.5 Å². The highest BCUT2D eigenvalue weighted by Crippen LogP contribution is 2.14. The van der Waals surface area contributed by atoms with Crippen LogP contribution in [0, 0.1) is 0 Å². The van der Waals surface area contributed by atoms with Gasteiger partial charge in [-0.25, -0.2) is 14.6 Å². The first-order chi connectivity index (χ1) is 10.1. The molecule has 0 aliphatic carbocycles. The summed E-state index contributed by atoms with van der Waals surface area (Å²) < 4.78 is 5.45. The molecule has 8 nitrogen and oxygen atoms in total. The van der Waals surface area contributed by atoms with Crippen LogP contribution in [0.1, 0.15) is 25.0 Å². The first kappa shape index (κ1) is 15.3. The maximum atomic E-state index is 11.7. The number of imidazole rings is 1. The monoisotopic (exact) mass is 296 g/mol. The molecule has 21 heavy (non-hydrogen) atoms. The van der Waals surface area contributed by atoms with Crippen LogP contribution in [0.2, 0.25) is 0 Å². The molecule has 1 aliphatic rings. The van der Waals surface area contributed by atoms with Crippen LogP contribution in [0.15, 0.2) is 12.5 Å². The standard InChI is InChI=1S/C13H20N4O4/c18-12(19)11(6-9-7-14-8-16-9)17-13(20)15-4-3-10-2-1-5-21-10/h7-8,10-11H,1-6H2,(H,14,16)(H,18,19)(H2,15,17,20)/t10?,11-/m1/s1. The third-order valence-electron chi connectivity index (χ3n) is 3.36. The van der Waals surface area contributed by atoms with Gasteiger partial charge in [-0.05, 0) is 19.3 Å². The number of hydrogen-bond acceptors (Lipinski definition) is 4. The number of hydrogen-bond donors (Lipinski definition) is 4. The molecule has 1 aromatic rings. The smallest absolute Gasteiger partial charge is 0.326 e. The van der Waals surface area contributed by atoms with Crippen LogP contribution in [-0.2, 0) is 16.0 Å². The lowest BCUT2D eigenvalue weighted by Crippen LogP contribution is -2.47. The number of carboxylic acid groups (broad SMARTS) is 1. The van der Waals surface area contributed by atoms with Gasteiger partial charge in [0.1, 0.15) is 6.04 Å². The summed E-state index contributed by atoms with van der Waals surface area (Å²) in [5, 5.41) is 14.2. The lowest BCUT2D eigenvalue weighted by atomic mass is 10.1. The molecule has 1 saturated heterocycles. The fraction of sp³-hybridized carbons (Fsp3) is 0.615. The molecule has 2 atom stereocenters. The van der Waals surface area contributed by atoms with Crippen LogP contribution in [0.5, 0.6) is 0 Å². The largest absolute Gasteiger partial charge is 0.480 e. The average Bonchev–Trinajstić information content (AvgIpc) is 3.10. The Morgan fingerprint density at radius 1 is 1.57 bits per heavy atom. The number of rotatable bonds is 7. The van der Waals surface area contributed by atoms with Crippen molar-refractivity contribution in [1.82, 2.24) is 20.6 Å². The van der Waals surface area contributed by atoms with Crippen molar-refractivity contribution in [3.05, 3.63) is 18.2 Å². The maximum absolute atomic E-state index is 11.7. The van der Waals surface area contributed by atoms with E-state index in [1.807, 2.05) is 0 Å². The van der Waals surface area contributed by atoms with Crippen LogP contribution in [0.25, 0.3) is 0 Å². The van der Waals surface area contributed by atoms with Gasteiger partial charge in [0.25, 0.3) is 0 Å². The summed E-state index contributed by atoms with van der Waals surface area (Å²) in [4.78, 5) is 29.5. The summed E-state index contributed by atoms with van der Waals surface area (Å²) in [5.74, 6) is -1.08. The number of H-pyrrole nitrogens is 1. The van der Waals surface area contributed by atoms with E-state index in [9.17, 15) is 9.59 Å². The highest BCUT2D eigenvalue weighted by Gasteiger charge is 2.21. The van der Waals surface area contributed by atoms with E-state index in [1.54, 1.807) is 0 Å². The molecule has 1 unspecified atom stereocenters. The first-order valence-electron chi connectivity index (χ1n) is 7.01. The number of ether oxygens (including phenoxy) is 1. The first-order valence-corrected chi connectivity index (χ1v) is 7.01. The molecule has 1 aromatic heterocycles. The average molecular weight is 296 g/mol. The fourth-order valence-electron chi connectivity index (χ4n) is 2.24. The van der Waals surface area contributed by atoms with Gasteiger partial charge in [0.05, 0.1) is 12.4 Å². The predicted molar refractivity (Wildman–Crippen MR) is 73.8 cm³/mol. The van der Waals surface area contributed by atoms with Crippen molar-refractivity contribution < 1.29 is 19.4 Å². The van der Waals surface area contributed by atoms with Gasteiger partial charge in [0, 0.05) is 31.5 Å². The summed E-state index contributed by atoms with van der Waals surface area (Å²) in [6.07, 6.45) is 6.18. The normalized spacial score (nSPS) is 19.1. The van der Waals surface area contributed by atoms with Gasteiger partial charge in [-0.3, -0.25) is 0 Å². The molecule has 8 heteroatoms.